The van der Waals surface area contributed by atoms with Gasteiger partial charge in [-0.1, -0.05) is 43.0 Å². The van der Waals surface area contributed by atoms with Crippen LogP contribution in [0.5, 0.6) is 0 Å². The predicted molar refractivity (Wildman–Crippen MR) is 151 cm³/mol. The van der Waals surface area contributed by atoms with Crippen LogP contribution < -0.4 is 0 Å². The Balaban J connectivity index is 1.37. The van der Waals surface area contributed by atoms with Crippen molar-refractivity contribution >= 4 is 17.9 Å². The maximum absolute atomic E-state index is 13.9. The van der Waals surface area contributed by atoms with Crippen LogP contribution in [-0.4, -0.2) is 54.0 Å². The fourth-order valence-electron chi connectivity index (χ4n) is 9.03. The number of hydrogen-bond donors (Lipinski definition) is 1. The maximum atomic E-state index is 13.9. The van der Waals surface area contributed by atoms with Crippen molar-refractivity contribution in [1.29, 1.82) is 0 Å². The molecular weight excluding hydrogens is 536 g/mol. The number of benzene rings is 1. The Morgan fingerprint density at radius 2 is 2.02 bits per heavy atom. The lowest BCUT2D eigenvalue weighted by Crippen LogP contribution is -2.52. The van der Waals surface area contributed by atoms with E-state index in [2.05, 4.69) is 12.5 Å². The first-order chi connectivity index (χ1) is 20.1. The molecule has 1 spiro atoms. The molecule has 1 N–H and O–H groups in total. The zero-order valence-corrected chi connectivity index (χ0v) is 24.2. The van der Waals surface area contributed by atoms with E-state index in [9.17, 15) is 19.5 Å². The maximum Gasteiger partial charge on any atom is 0.339 e. The molecule has 5 aliphatic rings. The second kappa shape index (κ2) is 10.1. The van der Waals surface area contributed by atoms with E-state index in [1.54, 1.807) is 31.2 Å². The zero-order chi connectivity index (χ0) is 29.9. The van der Waals surface area contributed by atoms with Gasteiger partial charge in [0.25, 0.3) is 0 Å². The number of fused-ring (bicyclic) bond motifs is 1. The lowest BCUT2D eigenvalue weighted by atomic mass is 9.61. The van der Waals surface area contributed by atoms with Crippen LogP contribution in [0.2, 0.25) is 0 Å². The van der Waals surface area contributed by atoms with Crippen LogP contribution in [0.25, 0.3) is 0 Å². The quantitative estimate of drug-likeness (QED) is 0.154. The molecule has 9 atom stereocenters. The van der Waals surface area contributed by atoms with Crippen LogP contribution in [0, 0.1) is 40.9 Å². The first-order valence-electron chi connectivity index (χ1n) is 14.8. The summed E-state index contributed by atoms with van der Waals surface area (Å²) in [4.78, 5) is 41.0. The molecule has 1 aromatic rings. The van der Waals surface area contributed by atoms with Gasteiger partial charge in [0.15, 0.2) is 6.10 Å². The van der Waals surface area contributed by atoms with Crippen LogP contribution >= 0.6 is 0 Å². The van der Waals surface area contributed by atoms with Crippen molar-refractivity contribution in [3.63, 3.8) is 0 Å². The van der Waals surface area contributed by atoms with Gasteiger partial charge in [0.05, 0.1) is 31.3 Å². The monoisotopic (exact) mass is 574 g/mol. The van der Waals surface area contributed by atoms with E-state index in [1.165, 1.54) is 7.11 Å². The number of hydrogen-bond acceptors (Lipinski definition) is 8. The van der Waals surface area contributed by atoms with E-state index in [0.29, 0.717) is 49.7 Å². The molecule has 1 aromatic carbocycles. The molecule has 4 fully saturated rings. The third-order valence-electron chi connectivity index (χ3n) is 10.8. The second-order valence-electron chi connectivity index (χ2n) is 12.9. The zero-order valence-electron chi connectivity index (χ0n) is 24.2. The molecule has 0 aromatic heterocycles. The summed E-state index contributed by atoms with van der Waals surface area (Å²) >= 11 is 0. The van der Waals surface area contributed by atoms with Crippen LogP contribution in [-0.2, 0) is 33.3 Å². The van der Waals surface area contributed by atoms with Crippen LogP contribution in [0.15, 0.2) is 54.6 Å². The topological polar surface area (TPSA) is 108 Å². The molecule has 4 bridgehead atoms. The number of ether oxygens (including phenoxy) is 4. The highest BCUT2D eigenvalue weighted by Gasteiger charge is 2.84. The normalized spacial score (nSPS) is 39.6. The van der Waals surface area contributed by atoms with Crippen molar-refractivity contribution in [2.45, 2.75) is 75.3 Å². The fourth-order valence-corrected chi connectivity index (χ4v) is 9.03. The van der Waals surface area contributed by atoms with Gasteiger partial charge in [-0.05, 0) is 68.1 Å². The molecular formula is C34H38O8. The smallest absolute Gasteiger partial charge is 0.339 e. The number of esters is 3. The SMILES string of the molecule is C#CCCCCOC(=O)C(O[C@H]1C=C[C@]23OC(=O)[C@@]1(C)C2[C@H](C(=O)OC)[C@]12CC(=C)[C@](O)(CCC31)C2)c1ccccc1. The molecule has 222 valence electrons. The highest BCUT2D eigenvalue weighted by Crippen LogP contribution is 2.77. The van der Waals surface area contributed by atoms with Gasteiger partial charge in [-0.25, -0.2) is 4.79 Å². The lowest BCUT2D eigenvalue weighted by molar-refractivity contribution is -0.176. The van der Waals surface area contributed by atoms with Gasteiger partial charge in [-0.15, -0.1) is 12.3 Å². The molecule has 1 heterocycles. The molecule has 1 saturated heterocycles. The summed E-state index contributed by atoms with van der Waals surface area (Å²) in [6.45, 7) is 6.15. The minimum atomic E-state index is -1.30. The van der Waals surface area contributed by atoms with Gasteiger partial charge in [-0.2, -0.15) is 0 Å². The summed E-state index contributed by atoms with van der Waals surface area (Å²) in [7, 11) is 1.35. The Kier molecular flexibility index (Phi) is 6.90. The minimum absolute atomic E-state index is 0.195. The molecule has 0 radical (unpaired) electrons. The number of carbonyl (C=O) groups excluding carboxylic acids is 3. The molecule has 6 rings (SSSR count). The van der Waals surface area contributed by atoms with Crippen molar-refractivity contribution in [2.24, 2.45) is 28.6 Å². The summed E-state index contributed by atoms with van der Waals surface area (Å²) in [6, 6.07) is 9.01. The van der Waals surface area contributed by atoms with E-state index < -0.39 is 64.0 Å². The van der Waals surface area contributed by atoms with E-state index in [4.69, 9.17) is 25.4 Å². The van der Waals surface area contributed by atoms with Gasteiger partial charge >= 0.3 is 17.9 Å². The molecule has 3 unspecified atom stereocenters. The van der Waals surface area contributed by atoms with Gasteiger partial charge in [0.2, 0.25) is 0 Å². The van der Waals surface area contributed by atoms with Crippen molar-refractivity contribution in [1.82, 2.24) is 0 Å². The highest BCUT2D eigenvalue weighted by molar-refractivity contribution is 5.87. The Labute approximate surface area is 246 Å². The van der Waals surface area contributed by atoms with Crippen LogP contribution in [0.3, 0.4) is 0 Å². The first-order valence-corrected chi connectivity index (χ1v) is 14.8. The van der Waals surface area contributed by atoms with Crippen molar-refractivity contribution in [3.8, 4) is 12.3 Å². The minimum Gasteiger partial charge on any atom is -0.469 e. The first kappa shape index (κ1) is 28.7. The summed E-state index contributed by atoms with van der Waals surface area (Å²) in [5, 5.41) is 11.4. The van der Waals surface area contributed by atoms with Gasteiger partial charge < -0.3 is 24.1 Å². The molecule has 1 aliphatic heterocycles. The number of aliphatic hydroxyl groups is 1. The molecule has 8 nitrogen and oxygen atoms in total. The molecule has 8 heteroatoms. The number of terminal acetylenes is 1. The van der Waals surface area contributed by atoms with Crippen molar-refractivity contribution in [3.05, 3.63) is 60.2 Å². The average molecular weight is 575 g/mol. The summed E-state index contributed by atoms with van der Waals surface area (Å²) in [6.07, 6.45) is 10.9. The lowest BCUT2D eigenvalue weighted by Gasteiger charge is -2.44. The van der Waals surface area contributed by atoms with E-state index >= 15 is 0 Å². The standard InChI is InChI=1S/C34H38O8/c1-5-6-7-11-18-40-29(36)26(22-12-9-8-10-13-22)41-24-15-17-34-23-14-16-33(38)20-32(23,19-21(33)2)25(28(35)39-4)27(34)31(24,3)30(37)42-34/h1,8-10,12-13,15,17,23-27,38H,2,6-7,11,14,16,18-20H2,3-4H3/t23?,24-,25+,26?,27?,31+,32-,33-,34+/m0/s1. The third-order valence-corrected chi connectivity index (χ3v) is 10.8. The van der Waals surface area contributed by atoms with Crippen LogP contribution in [0.4, 0.5) is 0 Å². The second-order valence-corrected chi connectivity index (χ2v) is 12.9. The van der Waals surface area contributed by atoms with Crippen molar-refractivity contribution < 1.29 is 38.4 Å². The Hall–Kier alpha value is -3.41. The third kappa shape index (κ3) is 3.86. The predicted octanol–water partition coefficient (Wildman–Crippen LogP) is 4.23. The van der Waals surface area contributed by atoms with Gasteiger partial charge in [0, 0.05) is 18.3 Å². The highest BCUT2D eigenvalue weighted by atomic mass is 16.6. The van der Waals surface area contributed by atoms with Gasteiger partial charge in [0.1, 0.15) is 11.0 Å². The fraction of sp³-hybridized carbons (Fsp3) is 0.559. The molecule has 42 heavy (non-hydrogen) atoms. The molecule has 3 saturated carbocycles. The Bertz CT molecular complexity index is 1380. The van der Waals surface area contributed by atoms with Gasteiger partial charge in [-0.3, -0.25) is 9.59 Å². The van der Waals surface area contributed by atoms with E-state index in [1.807, 2.05) is 18.2 Å². The molecule has 4 aliphatic carbocycles. The number of unbranched alkanes of at least 4 members (excludes halogenated alkanes) is 2. The Morgan fingerprint density at radius 3 is 2.74 bits per heavy atom. The van der Waals surface area contributed by atoms with Crippen molar-refractivity contribution in [2.75, 3.05) is 13.7 Å². The Morgan fingerprint density at radius 1 is 1.26 bits per heavy atom. The number of carbonyl (C=O) groups is 3. The van der Waals surface area contributed by atoms with Crippen LogP contribution in [0.1, 0.15) is 63.5 Å². The summed E-state index contributed by atoms with van der Waals surface area (Å²) in [5.41, 5.74) is -2.77. The summed E-state index contributed by atoms with van der Waals surface area (Å²) < 4.78 is 23.9. The largest absolute Gasteiger partial charge is 0.469 e. The average Bonchev–Trinajstić information content (AvgIpc) is 3.40. The number of rotatable bonds is 9. The molecule has 0 amide bonds. The number of methoxy groups -OCH3 is 1. The summed E-state index contributed by atoms with van der Waals surface area (Å²) in [5.74, 6) is -0.439. The van der Waals surface area contributed by atoms with E-state index in [0.717, 1.165) is 6.42 Å². The van der Waals surface area contributed by atoms with E-state index in [-0.39, 0.29) is 12.5 Å².